The van der Waals surface area contributed by atoms with Gasteiger partial charge in [-0.1, -0.05) is 25.1 Å². The normalized spacial score (nSPS) is 10.3. The molecule has 6 heteroatoms. The van der Waals surface area contributed by atoms with E-state index in [2.05, 4.69) is 21.8 Å². The summed E-state index contributed by atoms with van der Waals surface area (Å²) in [5, 5.41) is 11.1. The second kappa shape index (κ2) is 9.10. The molecule has 18 heavy (non-hydrogen) atoms. The van der Waals surface area contributed by atoms with Crippen molar-refractivity contribution in [2.75, 3.05) is 23.9 Å². The maximum atomic E-state index is 5.62. The highest BCUT2D eigenvalue weighted by Crippen LogP contribution is 2.10. The van der Waals surface area contributed by atoms with Gasteiger partial charge in [0.25, 0.3) is 0 Å². The fourth-order valence-corrected chi connectivity index (χ4v) is 2.25. The number of thioether (sulfide) groups is 1. The van der Waals surface area contributed by atoms with Crippen LogP contribution in [0, 0.1) is 0 Å². The minimum Gasteiger partial charge on any atom is -0.389 e. The van der Waals surface area contributed by atoms with Gasteiger partial charge >= 0.3 is 0 Å². The molecule has 1 rings (SSSR count). The average molecular weight is 284 g/mol. The van der Waals surface area contributed by atoms with Crippen LogP contribution in [0.1, 0.15) is 31.2 Å². The number of rotatable bonds is 9. The molecule has 0 saturated heterocycles. The lowest BCUT2D eigenvalue weighted by molar-refractivity contribution is 0.687. The summed E-state index contributed by atoms with van der Waals surface area (Å²) in [7, 11) is 0. The number of nitrogens with two attached hydrogens (primary N) is 1. The molecule has 0 bridgehead atoms. The summed E-state index contributed by atoms with van der Waals surface area (Å²) in [6.07, 6.45) is 8.68. The van der Waals surface area contributed by atoms with Gasteiger partial charge in [0.2, 0.25) is 0 Å². The molecule has 0 spiro atoms. The van der Waals surface area contributed by atoms with E-state index in [1.807, 2.05) is 11.8 Å². The minimum absolute atomic E-state index is 0.354. The summed E-state index contributed by atoms with van der Waals surface area (Å²) >= 11 is 6.87. The molecule has 1 aromatic rings. The molecule has 0 radical (unpaired) electrons. The van der Waals surface area contributed by atoms with E-state index < -0.39 is 0 Å². The van der Waals surface area contributed by atoms with Crippen molar-refractivity contribution in [2.24, 2.45) is 5.73 Å². The van der Waals surface area contributed by atoms with E-state index >= 15 is 0 Å². The van der Waals surface area contributed by atoms with Gasteiger partial charge in [0, 0.05) is 6.54 Å². The van der Waals surface area contributed by atoms with Gasteiger partial charge in [-0.15, -0.1) is 5.10 Å². The molecule has 100 valence electrons. The summed E-state index contributed by atoms with van der Waals surface area (Å²) in [4.78, 5) is 0.354. The molecule has 1 aromatic heterocycles. The molecular formula is C12H20N4S2. The number of hydrogen-bond donors (Lipinski definition) is 2. The van der Waals surface area contributed by atoms with Crippen LogP contribution in [-0.2, 0) is 0 Å². The summed E-state index contributed by atoms with van der Waals surface area (Å²) < 4.78 is 0. The Bertz CT molecular complexity index is 371. The molecule has 0 fully saturated rings. The summed E-state index contributed by atoms with van der Waals surface area (Å²) in [5.74, 6) is 1.94. The van der Waals surface area contributed by atoms with Crippen molar-refractivity contribution >= 4 is 34.8 Å². The van der Waals surface area contributed by atoms with Crippen LogP contribution in [0.3, 0.4) is 0 Å². The SMILES string of the molecule is CSCCCCCCNc1nnccc1C(N)=S. The van der Waals surface area contributed by atoms with Gasteiger partial charge in [0.05, 0.1) is 11.8 Å². The van der Waals surface area contributed by atoms with Crippen molar-refractivity contribution < 1.29 is 0 Å². The topological polar surface area (TPSA) is 63.8 Å². The highest BCUT2D eigenvalue weighted by molar-refractivity contribution is 7.98. The standard InChI is InChI=1S/C12H20N4S2/c1-18-9-5-3-2-4-7-14-12-10(11(13)17)6-8-15-16-12/h6,8H,2-5,7,9H2,1H3,(H2,13,17)(H,14,16). The van der Waals surface area contributed by atoms with E-state index in [4.69, 9.17) is 18.0 Å². The molecule has 0 aliphatic rings. The Morgan fingerprint density at radius 2 is 2.17 bits per heavy atom. The molecule has 0 unspecified atom stereocenters. The molecule has 0 aromatic carbocycles. The van der Waals surface area contributed by atoms with Crippen molar-refractivity contribution in [3.8, 4) is 0 Å². The third-order valence-electron chi connectivity index (χ3n) is 2.55. The first-order chi connectivity index (χ1) is 8.75. The van der Waals surface area contributed by atoms with Crippen LogP contribution >= 0.6 is 24.0 Å². The molecule has 0 amide bonds. The van der Waals surface area contributed by atoms with Crippen LogP contribution in [-0.4, -0.2) is 33.7 Å². The Morgan fingerprint density at radius 3 is 2.89 bits per heavy atom. The lowest BCUT2D eigenvalue weighted by Crippen LogP contribution is -2.15. The summed E-state index contributed by atoms with van der Waals surface area (Å²) in [6.45, 7) is 0.883. The first-order valence-electron chi connectivity index (χ1n) is 6.10. The Labute approximate surface area is 118 Å². The zero-order valence-corrected chi connectivity index (χ0v) is 12.3. The molecular weight excluding hydrogens is 264 g/mol. The lowest BCUT2D eigenvalue weighted by Gasteiger charge is -2.08. The largest absolute Gasteiger partial charge is 0.389 e. The van der Waals surface area contributed by atoms with Crippen LogP contribution in [0.4, 0.5) is 5.82 Å². The predicted molar refractivity (Wildman–Crippen MR) is 83.3 cm³/mol. The zero-order chi connectivity index (χ0) is 13.2. The highest BCUT2D eigenvalue weighted by atomic mass is 32.2. The molecule has 0 aliphatic carbocycles. The predicted octanol–water partition coefficient (Wildman–Crippen LogP) is 2.45. The first kappa shape index (κ1) is 15.2. The zero-order valence-electron chi connectivity index (χ0n) is 10.7. The van der Waals surface area contributed by atoms with Gasteiger partial charge in [0.15, 0.2) is 5.82 Å². The van der Waals surface area contributed by atoms with E-state index in [0.29, 0.717) is 10.8 Å². The van der Waals surface area contributed by atoms with Crippen molar-refractivity contribution in [1.82, 2.24) is 10.2 Å². The quantitative estimate of drug-likeness (QED) is 0.536. The molecule has 4 nitrogen and oxygen atoms in total. The number of anilines is 1. The summed E-state index contributed by atoms with van der Waals surface area (Å²) in [5.41, 5.74) is 6.39. The first-order valence-corrected chi connectivity index (χ1v) is 7.90. The van der Waals surface area contributed by atoms with Gasteiger partial charge in [0.1, 0.15) is 4.99 Å². The van der Waals surface area contributed by atoms with Gasteiger partial charge < -0.3 is 11.1 Å². The molecule has 3 N–H and O–H groups in total. The molecule has 0 atom stereocenters. The fourth-order valence-electron chi connectivity index (χ4n) is 1.59. The van der Waals surface area contributed by atoms with E-state index in [1.54, 1.807) is 12.3 Å². The monoisotopic (exact) mass is 284 g/mol. The van der Waals surface area contributed by atoms with Crippen LogP contribution in [0.2, 0.25) is 0 Å². The van der Waals surface area contributed by atoms with Crippen LogP contribution in [0.25, 0.3) is 0 Å². The van der Waals surface area contributed by atoms with Gasteiger partial charge in [-0.2, -0.15) is 16.9 Å². The highest BCUT2D eigenvalue weighted by Gasteiger charge is 2.05. The molecule has 1 heterocycles. The number of hydrogen-bond acceptors (Lipinski definition) is 5. The van der Waals surface area contributed by atoms with Crippen molar-refractivity contribution in [3.05, 3.63) is 17.8 Å². The van der Waals surface area contributed by atoms with Crippen LogP contribution in [0.15, 0.2) is 12.3 Å². The molecule has 0 aliphatic heterocycles. The fraction of sp³-hybridized carbons (Fsp3) is 0.583. The van der Waals surface area contributed by atoms with E-state index in [1.165, 1.54) is 25.0 Å². The minimum atomic E-state index is 0.354. The van der Waals surface area contributed by atoms with Gasteiger partial charge in [-0.25, -0.2) is 0 Å². The average Bonchev–Trinajstić information content (AvgIpc) is 2.38. The Balaban J connectivity index is 2.25. The van der Waals surface area contributed by atoms with E-state index in [9.17, 15) is 0 Å². The van der Waals surface area contributed by atoms with Crippen molar-refractivity contribution in [2.45, 2.75) is 25.7 Å². The Hall–Kier alpha value is -0.880. The van der Waals surface area contributed by atoms with Crippen molar-refractivity contribution in [3.63, 3.8) is 0 Å². The second-order valence-corrected chi connectivity index (χ2v) is 5.42. The van der Waals surface area contributed by atoms with E-state index in [-0.39, 0.29) is 0 Å². The van der Waals surface area contributed by atoms with Crippen molar-refractivity contribution in [1.29, 1.82) is 0 Å². The van der Waals surface area contributed by atoms with E-state index in [0.717, 1.165) is 18.5 Å². The Morgan fingerprint density at radius 1 is 1.39 bits per heavy atom. The molecule has 0 saturated carbocycles. The summed E-state index contributed by atoms with van der Waals surface area (Å²) in [6, 6.07) is 1.79. The lowest BCUT2D eigenvalue weighted by atomic mass is 10.2. The second-order valence-electron chi connectivity index (χ2n) is 3.99. The van der Waals surface area contributed by atoms with Crippen LogP contribution in [0.5, 0.6) is 0 Å². The Kier molecular flexibility index (Phi) is 7.68. The third kappa shape index (κ3) is 5.64. The van der Waals surface area contributed by atoms with Gasteiger partial charge in [-0.05, 0) is 30.9 Å². The third-order valence-corrected chi connectivity index (χ3v) is 3.47. The maximum Gasteiger partial charge on any atom is 0.158 e. The smallest absolute Gasteiger partial charge is 0.158 e. The van der Waals surface area contributed by atoms with Crippen LogP contribution < -0.4 is 11.1 Å². The number of nitrogens with one attached hydrogen (secondary N) is 1. The number of nitrogens with zero attached hydrogens (tertiary/aromatic N) is 2. The number of unbranched alkanes of at least 4 members (excludes halogenated alkanes) is 3. The number of aromatic nitrogens is 2. The maximum absolute atomic E-state index is 5.62. The van der Waals surface area contributed by atoms with Gasteiger partial charge in [-0.3, -0.25) is 0 Å². The number of thiocarbonyl (C=S) groups is 1.